The summed E-state index contributed by atoms with van der Waals surface area (Å²) in [5.41, 5.74) is 9.05. The highest BCUT2D eigenvalue weighted by Gasteiger charge is 2.25. The average molecular weight is 250 g/mol. The maximum Gasteiger partial charge on any atom is 0.223 e. The van der Waals surface area contributed by atoms with E-state index in [0.29, 0.717) is 12.1 Å². The number of anilines is 3. The third-order valence-corrected chi connectivity index (χ3v) is 3.44. The van der Waals surface area contributed by atoms with Crippen molar-refractivity contribution < 1.29 is 0 Å². The Morgan fingerprint density at radius 3 is 2.44 bits per heavy atom. The Bertz CT molecular complexity index is 398. The highest BCUT2D eigenvalue weighted by Crippen LogP contribution is 2.23. The van der Waals surface area contributed by atoms with Crippen LogP contribution in [0, 0.1) is 0 Å². The predicted molar refractivity (Wildman–Crippen MR) is 74.2 cm³/mol. The Morgan fingerprint density at radius 1 is 1.22 bits per heavy atom. The van der Waals surface area contributed by atoms with Gasteiger partial charge in [-0.3, -0.25) is 0 Å². The van der Waals surface area contributed by atoms with E-state index in [2.05, 4.69) is 39.6 Å². The molecule has 0 saturated carbocycles. The number of hydrazine groups is 1. The van der Waals surface area contributed by atoms with Gasteiger partial charge in [0.25, 0.3) is 0 Å². The van der Waals surface area contributed by atoms with Crippen LogP contribution in [-0.4, -0.2) is 34.1 Å². The zero-order chi connectivity index (χ0) is 13.1. The maximum absolute atomic E-state index is 5.69. The van der Waals surface area contributed by atoms with E-state index in [1.807, 2.05) is 13.1 Å². The molecular formula is C12H22N6. The molecule has 6 nitrogen and oxygen atoms in total. The summed E-state index contributed by atoms with van der Waals surface area (Å²) < 4.78 is 0. The van der Waals surface area contributed by atoms with Crippen LogP contribution in [0.15, 0.2) is 6.07 Å². The molecule has 0 spiro atoms. The molecule has 0 aliphatic carbocycles. The van der Waals surface area contributed by atoms with Crippen LogP contribution in [0.4, 0.5) is 17.6 Å². The molecular weight excluding hydrogens is 228 g/mol. The van der Waals surface area contributed by atoms with Gasteiger partial charge in [-0.1, -0.05) is 6.42 Å². The Morgan fingerprint density at radius 2 is 1.83 bits per heavy atom. The van der Waals surface area contributed by atoms with E-state index in [4.69, 9.17) is 5.73 Å². The summed E-state index contributed by atoms with van der Waals surface area (Å²) in [7, 11) is 1.82. The summed E-state index contributed by atoms with van der Waals surface area (Å²) in [6.07, 6.45) is 3.70. The molecule has 2 heterocycles. The molecule has 0 radical (unpaired) electrons. The largest absolute Gasteiger partial charge is 0.373 e. The molecule has 4 N–H and O–H groups in total. The zero-order valence-corrected chi connectivity index (χ0v) is 11.3. The van der Waals surface area contributed by atoms with Crippen LogP contribution < -0.4 is 16.5 Å². The third-order valence-electron chi connectivity index (χ3n) is 3.44. The van der Waals surface area contributed by atoms with Gasteiger partial charge in [0.1, 0.15) is 11.6 Å². The van der Waals surface area contributed by atoms with E-state index in [1.54, 1.807) is 0 Å². The number of hydrogen-bond donors (Lipinski definition) is 3. The standard InChI is InChI=1S/C12H22N6/c1-8-5-4-6-9(2)18(8)17-11-7-10(14-3)15-12(13)16-11/h7-9H,4-6H2,1-3H3,(H4,13,14,15,16,17). The van der Waals surface area contributed by atoms with Gasteiger partial charge in [-0.05, 0) is 26.7 Å². The molecule has 1 saturated heterocycles. The lowest BCUT2D eigenvalue weighted by Crippen LogP contribution is -2.47. The Balaban J connectivity index is 2.14. The first-order valence-electron chi connectivity index (χ1n) is 6.47. The van der Waals surface area contributed by atoms with E-state index in [-0.39, 0.29) is 5.95 Å². The van der Waals surface area contributed by atoms with Crippen LogP contribution in [0.2, 0.25) is 0 Å². The van der Waals surface area contributed by atoms with Crippen LogP contribution in [0.3, 0.4) is 0 Å². The van der Waals surface area contributed by atoms with Crippen LogP contribution >= 0.6 is 0 Å². The maximum atomic E-state index is 5.69. The lowest BCUT2D eigenvalue weighted by molar-refractivity contribution is 0.135. The van der Waals surface area contributed by atoms with Crippen molar-refractivity contribution in [1.29, 1.82) is 0 Å². The lowest BCUT2D eigenvalue weighted by atomic mass is 10.00. The van der Waals surface area contributed by atoms with Crippen molar-refractivity contribution in [2.75, 3.05) is 23.5 Å². The van der Waals surface area contributed by atoms with Crippen LogP contribution in [0.1, 0.15) is 33.1 Å². The van der Waals surface area contributed by atoms with Crippen molar-refractivity contribution in [3.05, 3.63) is 6.07 Å². The third kappa shape index (κ3) is 2.81. The number of rotatable bonds is 3. The summed E-state index contributed by atoms with van der Waals surface area (Å²) in [5.74, 6) is 1.75. The normalized spacial score (nSPS) is 24.8. The summed E-state index contributed by atoms with van der Waals surface area (Å²) in [6.45, 7) is 4.46. The number of hydrogen-bond acceptors (Lipinski definition) is 6. The van der Waals surface area contributed by atoms with Crippen molar-refractivity contribution in [2.45, 2.75) is 45.2 Å². The Labute approximate surface area is 108 Å². The van der Waals surface area contributed by atoms with E-state index in [1.165, 1.54) is 19.3 Å². The molecule has 1 aliphatic heterocycles. The van der Waals surface area contributed by atoms with Gasteiger partial charge in [0.15, 0.2) is 0 Å². The van der Waals surface area contributed by atoms with E-state index >= 15 is 0 Å². The molecule has 2 atom stereocenters. The number of piperidine rings is 1. The number of nitrogens with one attached hydrogen (secondary N) is 2. The van der Waals surface area contributed by atoms with Gasteiger partial charge < -0.3 is 16.5 Å². The van der Waals surface area contributed by atoms with Gasteiger partial charge in [0.05, 0.1) is 0 Å². The van der Waals surface area contributed by atoms with Gasteiger partial charge in [0.2, 0.25) is 5.95 Å². The van der Waals surface area contributed by atoms with Crippen LogP contribution in [0.25, 0.3) is 0 Å². The fourth-order valence-electron chi connectivity index (χ4n) is 2.43. The molecule has 0 bridgehead atoms. The minimum absolute atomic E-state index is 0.279. The lowest BCUT2D eigenvalue weighted by Gasteiger charge is -2.39. The Kier molecular flexibility index (Phi) is 3.86. The van der Waals surface area contributed by atoms with Crippen molar-refractivity contribution in [3.8, 4) is 0 Å². The topological polar surface area (TPSA) is 79.1 Å². The first-order valence-corrected chi connectivity index (χ1v) is 6.47. The molecule has 18 heavy (non-hydrogen) atoms. The van der Waals surface area contributed by atoms with Crippen LogP contribution in [0.5, 0.6) is 0 Å². The summed E-state index contributed by atoms with van der Waals surface area (Å²) in [5, 5.41) is 5.23. The first kappa shape index (κ1) is 12.9. The van der Waals surface area contributed by atoms with Crippen molar-refractivity contribution >= 4 is 17.6 Å². The molecule has 1 fully saturated rings. The van der Waals surface area contributed by atoms with Crippen LogP contribution in [-0.2, 0) is 0 Å². The zero-order valence-electron chi connectivity index (χ0n) is 11.3. The van der Waals surface area contributed by atoms with E-state index in [9.17, 15) is 0 Å². The van der Waals surface area contributed by atoms with Crippen molar-refractivity contribution in [2.24, 2.45) is 0 Å². The Hall–Kier alpha value is -1.56. The van der Waals surface area contributed by atoms with Crippen molar-refractivity contribution in [1.82, 2.24) is 15.0 Å². The quantitative estimate of drug-likeness (QED) is 0.757. The van der Waals surface area contributed by atoms with Gasteiger partial charge in [-0.15, -0.1) is 0 Å². The summed E-state index contributed by atoms with van der Waals surface area (Å²) in [4.78, 5) is 8.30. The van der Waals surface area contributed by atoms with Gasteiger partial charge in [-0.2, -0.15) is 9.97 Å². The molecule has 0 aromatic carbocycles. The molecule has 6 heteroatoms. The summed E-state index contributed by atoms with van der Waals surface area (Å²) in [6, 6.07) is 2.87. The fraction of sp³-hybridized carbons (Fsp3) is 0.667. The molecule has 1 aromatic heterocycles. The molecule has 2 unspecified atom stereocenters. The summed E-state index contributed by atoms with van der Waals surface area (Å²) >= 11 is 0. The molecule has 2 rings (SSSR count). The second-order valence-corrected chi connectivity index (χ2v) is 4.89. The first-order chi connectivity index (χ1) is 8.60. The minimum Gasteiger partial charge on any atom is -0.373 e. The molecule has 0 amide bonds. The molecule has 1 aromatic rings. The van der Waals surface area contributed by atoms with Gasteiger partial charge in [0, 0.05) is 25.2 Å². The monoisotopic (exact) mass is 250 g/mol. The number of aromatic nitrogens is 2. The average Bonchev–Trinajstić information content (AvgIpc) is 2.33. The van der Waals surface area contributed by atoms with Crippen molar-refractivity contribution in [3.63, 3.8) is 0 Å². The second-order valence-electron chi connectivity index (χ2n) is 4.89. The number of nitrogens with zero attached hydrogens (tertiary/aromatic N) is 3. The fourth-order valence-corrected chi connectivity index (χ4v) is 2.43. The smallest absolute Gasteiger partial charge is 0.223 e. The minimum atomic E-state index is 0.279. The SMILES string of the molecule is CNc1cc(NN2C(C)CCCC2C)nc(N)n1. The van der Waals surface area contributed by atoms with Gasteiger partial charge in [-0.25, -0.2) is 5.01 Å². The number of nitrogens with two attached hydrogens (primary N) is 1. The molecule has 100 valence electrons. The van der Waals surface area contributed by atoms with E-state index in [0.717, 1.165) is 11.6 Å². The second kappa shape index (κ2) is 5.39. The molecule has 1 aliphatic rings. The highest BCUT2D eigenvalue weighted by atomic mass is 15.5. The predicted octanol–water partition coefficient (Wildman–Crippen LogP) is 1.69. The van der Waals surface area contributed by atoms with E-state index < -0.39 is 0 Å². The number of nitrogen functional groups attached to an aromatic ring is 1. The highest BCUT2D eigenvalue weighted by molar-refractivity contribution is 5.50. The van der Waals surface area contributed by atoms with Gasteiger partial charge >= 0.3 is 0 Å².